The number of nitrogens with one attached hydrogen (secondary N) is 2. The fourth-order valence-electron chi connectivity index (χ4n) is 3.28. The zero-order chi connectivity index (χ0) is 14.9. The average molecular weight is 312 g/mol. The highest BCUT2D eigenvalue weighted by molar-refractivity contribution is 7.99. The molecule has 120 valence electrons. The van der Waals surface area contributed by atoms with Gasteiger partial charge in [0.2, 0.25) is 0 Å². The molecule has 3 N–H and O–H groups in total. The van der Waals surface area contributed by atoms with Gasteiger partial charge in [0, 0.05) is 44.5 Å². The summed E-state index contributed by atoms with van der Waals surface area (Å²) in [7, 11) is 1.81. The van der Waals surface area contributed by atoms with E-state index in [-0.39, 0.29) is 0 Å². The molecule has 3 fully saturated rings. The molecule has 0 radical (unpaired) electrons. The molecule has 1 saturated carbocycles. The van der Waals surface area contributed by atoms with Gasteiger partial charge in [-0.25, -0.2) is 0 Å². The van der Waals surface area contributed by atoms with Gasteiger partial charge >= 0.3 is 0 Å². The third kappa shape index (κ3) is 3.85. The first-order valence-corrected chi connectivity index (χ1v) is 9.26. The van der Waals surface area contributed by atoms with Crippen LogP contribution in [0.15, 0.2) is 4.99 Å². The first-order chi connectivity index (χ1) is 10.1. The number of hydrogen-bond donors (Lipinski definition) is 3. The Balaban J connectivity index is 1.48. The lowest BCUT2D eigenvalue weighted by Crippen LogP contribution is -2.51. The molecule has 5 nitrogen and oxygen atoms in total. The highest BCUT2D eigenvalue weighted by atomic mass is 32.2. The van der Waals surface area contributed by atoms with Gasteiger partial charge in [-0.05, 0) is 30.9 Å². The number of aliphatic imine (C=N–C) groups is 1. The summed E-state index contributed by atoms with van der Waals surface area (Å²) in [4.78, 5) is 6.93. The van der Waals surface area contributed by atoms with Crippen molar-refractivity contribution >= 4 is 17.7 Å². The molecule has 3 aliphatic rings. The Hall–Kier alpha value is -0.460. The van der Waals surface area contributed by atoms with Crippen molar-refractivity contribution in [2.45, 2.75) is 43.9 Å². The van der Waals surface area contributed by atoms with E-state index in [9.17, 15) is 5.11 Å². The second-order valence-corrected chi connectivity index (χ2v) is 7.97. The summed E-state index contributed by atoms with van der Waals surface area (Å²) < 4.78 is 0. The van der Waals surface area contributed by atoms with Gasteiger partial charge in [0.25, 0.3) is 0 Å². The number of thioether (sulfide) groups is 1. The third-order valence-corrected chi connectivity index (χ3v) is 6.15. The molecule has 2 aliphatic heterocycles. The molecule has 0 amide bonds. The topological polar surface area (TPSA) is 59.9 Å². The zero-order valence-corrected chi connectivity index (χ0v) is 14.0. The monoisotopic (exact) mass is 312 g/mol. The molecule has 3 atom stereocenters. The molecule has 3 rings (SSSR count). The Kier molecular flexibility index (Phi) is 4.66. The lowest BCUT2D eigenvalue weighted by Gasteiger charge is -2.25. The van der Waals surface area contributed by atoms with Crippen molar-refractivity contribution in [3.05, 3.63) is 0 Å². The average Bonchev–Trinajstić information content (AvgIpc) is 3.14. The van der Waals surface area contributed by atoms with E-state index in [0.717, 1.165) is 36.5 Å². The summed E-state index contributed by atoms with van der Waals surface area (Å²) in [5, 5.41) is 17.3. The van der Waals surface area contributed by atoms with Crippen molar-refractivity contribution in [3.63, 3.8) is 0 Å². The minimum absolute atomic E-state index is 0.462. The van der Waals surface area contributed by atoms with Crippen LogP contribution in [-0.2, 0) is 0 Å². The van der Waals surface area contributed by atoms with E-state index in [0.29, 0.717) is 18.5 Å². The van der Waals surface area contributed by atoms with Crippen LogP contribution in [0.3, 0.4) is 0 Å². The number of guanidine groups is 1. The van der Waals surface area contributed by atoms with E-state index >= 15 is 0 Å². The first-order valence-electron chi connectivity index (χ1n) is 8.11. The standard InChI is InChI=1S/C15H28N4OS/c1-11-7-19(12-3-4-12)8-13(11)18-14(16-2)17-9-15(20)5-6-21-10-15/h11-13,20H,3-10H2,1-2H3,(H2,16,17,18). The zero-order valence-electron chi connectivity index (χ0n) is 13.1. The second-order valence-electron chi connectivity index (χ2n) is 6.87. The van der Waals surface area contributed by atoms with Gasteiger partial charge in [0.1, 0.15) is 0 Å². The lowest BCUT2D eigenvalue weighted by atomic mass is 10.0. The molecular formula is C15H28N4OS. The van der Waals surface area contributed by atoms with Crippen LogP contribution in [0.25, 0.3) is 0 Å². The Morgan fingerprint density at radius 1 is 1.43 bits per heavy atom. The first kappa shape index (κ1) is 15.4. The Bertz CT molecular complexity index is 393. The highest BCUT2D eigenvalue weighted by Gasteiger charge is 2.38. The van der Waals surface area contributed by atoms with E-state index in [1.807, 2.05) is 11.8 Å². The summed E-state index contributed by atoms with van der Waals surface area (Å²) in [6, 6.07) is 1.30. The largest absolute Gasteiger partial charge is 0.387 e. The van der Waals surface area contributed by atoms with E-state index in [4.69, 9.17) is 0 Å². The molecule has 1 aliphatic carbocycles. The number of rotatable bonds is 4. The molecule has 21 heavy (non-hydrogen) atoms. The van der Waals surface area contributed by atoms with Crippen LogP contribution in [0, 0.1) is 5.92 Å². The summed E-state index contributed by atoms with van der Waals surface area (Å²) in [6.07, 6.45) is 3.62. The lowest BCUT2D eigenvalue weighted by molar-refractivity contribution is 0.0723. The molecule has 0 aromatic carbocycles. The minimum atomic E-state index is -0.566. The van der Waals surface area contributed by atoms with Crippen LogP contribution in [0.5, 0.6) is 0 Å². The molecule has 6 heteroatoms. The molecule has 0 aromatic rings. The third-order valence-electron chi connectivity index (χ3n) is 4.92. The summed E-state index contributed by atoms with van der Waals surface area (Å²) >= 11 is 1.83. The van der Waals surface area contributed by atoms with Gasteiger partial charge in [-0.15, -0.1) is 0 Å². The number of likely N-dealkylation sites (tertiary alicyclic amines) is 1. The molecule has 2 saturated heterocycles. The highest BCUT2D eigenvalue weighted by Crippen LogP contribution is 2.31. The Labute approximate surface area is 132 Å². The minimum Gasteiger partial charge on any atom is -0.387 e. The van der Waals surface area contributed by atoms with Crippen LogP contribution < -0.4 is 10.6 Å². The van der Waals surface area contributed by atoms with Gasteiger partial charge in [-0.1, -0.05) is 6.92 Å². The maximum atomic E-state index is 10.4. The van der Waals surface area contributed by atoms with Crippen molar-refractivity contribution < 1.29 is 5.11 Å². The predicted octanol–water partition coefficient (Wildman–Crippen LogP) is 0.502. The normalized spacial score (nSPS) is 38.0. The van der Waals surface area contributed by atoms with Gasteiger partial charge < -0.3 is 15.7 Å². The number of aliphatic hydroxyl groups is 1. The quantitative estimate of drug-likeness (QED) is 0.521. The maximum Gasteiger partial charge on any atom is 0.191 e. The molecule has 2 heterocycles. The molecule has 0 aromatic heterocycles. The van der Waals surface area contributed by atoms with Crippen molar-refractivity contribution in [2.75, 3.05) is 38.2 Å². The number of hydrogen-bond acceptors (Lipinski definition) is 4. The Morgan fingerprint density at radius 2 is 2.24 bits per heavy atom. The van der Waals surface area contributed by atoms with Gasteiger partial charge in [-0.3, -0.25) is 9.89 Å². The van der Waals surface area contributed by atoms with Crippen molar-refractivity contribution in [1.82, 2.24) is 15.5 Å². The molecule has 3 unspecified atom stereocenters. The summed E-state index contributed by atoms with van der Waals surface area (Å²) in [5.41, 5.74) is -0.566. The van der Waals surface area contributed by atoms with E-state index in [1.54, 1.807) is 7.05 Å². The fraction of sp³-hybridized carbons (Fsp3) is 0.933. The van der Waals surface area contributed by atoms with Crippen LogP contribution in [-0.4, -0.2) is 71.8 Å². The second kappa shape index (κ2) is 6.34. The maximum absolute atomic E-state index is 10.4. The number of nitrogens with zero attached hydrogens (tertiary/aromatic N) is 2. The van der Waals surface area contributed by atoms with Crippen molar-refractivity contribution in [3.8, 4) is 0 Å². The summed E-state index contributed by atoms with van der Waals surface area (Å²) in [6.45, 7) is 5.22. The predicted molar refractivity (Wildman–Crippen MR) is 88.9 cm³/mol. The van der Waals surface area contributed by atoms with Gasteiger partial charge in [-0.2, -0.15) is 11.8 Å². The van der Waals surface area contributed by atoms with Gasteiger partial charge in [0.15, 0.2) is 5.96 Å². The van der Waals surface area contributed by atoms with E-state index < -0.39 is 5.60 Å². The smallest absolute Gasteiger partial charge is 0.191 e. The SMILES string of the molecule is CN=C(NCC1(O)CCSC1)NC1CN(C2CC2)CC1C. The van der Waals surface area contributed by atoms with Crippen LogP contribution in [0.2, 0.25) is 0 Å². The summed E-state index contributed by atoms with van der Waals surface area (Å²) in [5.74, 6) is 3.36. The van der Waals surface area contributed by atoms with Crippen LogP contribution >= 0.6 is 11.8 Å². The Morgan fingerprint density at radius 3 is 2.86 bits per heavy atom. The van der Waals surface area contributed by atoms with Crippen molar-refractivity contribution in [1.29, 1.82) is 0 Å². The molecule has 0 bridgehead atoms. The van der Waals surface area contributed by atoms with Crippen LogP contribution in [0.4, 0.5) is 0 Å². The fourth-order valence-corrected chi connectivity index (χ4v) is 4.58. The van der Waals surface area contributed by atoms with E-state index in [1.165, 1.54) is 19.4 Å². The van der Waals surface area contributed by atoms with Crippen molar-refractivity contribution in [2.24, 2.45) is 10.9 Å². The van der Waals surface area contributed by atoms with Crippen LogP contribution in [0.1, 0.15) is 26.2 Å². The van der Waals surface area contributed by atoms with Gasteiger partial charge in [0.05, 0.1) is 5.60 Å². The molecular weight excluding hydrogens is 284 g/mol. The van der Waals surface area contributed by atoms with E-state index in [2.05, 4.69) is 27.4 Å². The molecule has 0 spiro atoms.